The number of aryl methyl sites for hydroxylation is 1. The Labute approximate surface area is 128 Å². The lowest BCUT2D eigenvalue weighted by atomic mass is 10.2. The molecule has 1 heterocycles. The van der Waals surface area contributed by atoms with Crippen molar-refractivity contribution in [3.05, 3.63) is 52.3 Å². The summed E-state index contributed by atoms with van der Waals surface area (Å²) in [4.78, 5) is 12.1. The van der Waals surface area contributed by atoms with Gasteiger partial charge in [0.2, 0.25) is 0 Å². The lowest BCUT2D eigenvalue weighted by molar-refractivity contribution is 0.0921. The molecule has 0 fully saturated rings. The van der Waals surface area contributed by atoms with Crippen LogP contribution in [0.3, 0.4) is 0 Å². The summed E-state index contributed by atoms with van der Waals surface area (Å²) in [5.74, 6) is -0.230. The molecule has 1 aromatic heterocycles. The van der Waals surface area contributed by atoms with E-state index in [4.69, 9.17) is 16.7 Å². The van der Waals surface area contributed by atoms with Crippen molar-refractivity contribution in [1.82, 2.24) is 15.1 Å². The van der Waals surface area contributed by atoms with Gasteiger partial charge in [0, 0.05) is 17.3 Å². The summed E-state index contributed by atoms with van der Waals surface area (Å²) in [7, 11) is 0. The number of carbonyl (C=O) groups excluding carboxylic acids is 1. The van der Waals surface area contributed by atoms with Crippen molar-refractivity contribution >= 4 is 17.5 Å². The van der Waals surface area contributed by atoms with E-state index in [1.165, 1.54) is 0 Å². The first-order chi connectivity index (χ1) is 9.99. The third-order valence-corrected chi connectivity index (χ3v) is 3.31. The number of aromatic nitrogens is 2. The van der Waals surface area contributed by atoms with Crippen molar-refractivity contribution in [1.29, 1.82) is 0 Å². The number of aliphatic hydroxyl groups excluding tert-OH is 1. The maximum atomic E-state index is 12.1. The Morgan fingerprint density at radius 1 is 1.52 bits per heavy atom. The zero-order chi connectivity index (χ0) is 15.4. The van der Waals surface area contributed by atoms with E-state index in [0.29, 0.717) is 22.8 Å². The Hall–Kier alpha value is -1.85. The van der Waals surface area contributed by atoms with Gasteiger partial charge in [-0.05, 0) is 31.5 Å². The minimum atomic E-state index is -0.284. The van der Waals surface area contributed by atoms with Crippen molar-refractivity contribution in [2.24, 2.45) is 0 Å². The zero-order valence-corrected chi connectivity index (χ0v) is 12.8. The van der Waals surface area contributed by atoms with Gasteiger partial charge in [-0.1, -0.05) is 23.7 Å². The SMILES string of the molecule is Cc1nn(Cc2cccc(Cl)c2)cc1C(=O)NC(C)CO. The van der Waals surface area contributed by atoms with Gasteiger partial charge in [0.25, 0.3) is 5.91 Å². The highest BCUT2D eigenvalue weighted by Gasteiger charge is 2.15. The highest BCUT2D eigenvalue weighted by Crippen LogP contribution is 2.13. The number of nitrogens with zero attached hydrogens (tertiary/aromatic N) is 2. The van der Waals surface area contributed by atoms with Crippen molar-refractivity contribution in [2.45, 2.75) is 26.4 Å². The largest absolute Gasteiger partial charge is 0.394 e. The van der Waals surface area contributed by atoms with E-state index in [1.54, 1.807) is 24.7 Å². The zero-order valence-electron chi connectivity index (χ0n) is 12.0. The van der Waals surface area contributed by atoms with Crippen molar-refractivity contribution < 1.29 is 9.90 Å². The fraction of sp³-hybridized carbons (Fsp3) is 0.333. The standard InChI is InChI=1S/C15H18ClN3O2/c1-10(9-20)17-15(21)14-8-19(18-11(14)2)7-12-4-3-5-13(16)6-12/h3-6,8,10,20H,7,9H2,1-2H3,(H,17,21). The first-order valence-corrected chi connectivity index (χ1v) is 7.07. The summed E-state index contributed by atoms with van der Waals surface area (Å²) in [5.41, 5.74) is 2.18. The molecule has 0 radical (unpaired) electrons. The maximum Gasteiger partial charge on any atom is 0.255 e. The van der Waals surface area contributed by atoms with E-state index in [1.807, 2.05) is 24.3 Å². The van der Waals surface area contributed by atoms with Gasteiger partial charge in [0.05, 0.1) is 24.4 Å². The van der Waals surface area contributed by atoms with E-state index in [9.17, 15) is 4.79 Å². The molecule has 1 unspecified atom stereocenters. The number of carbonyl (C=O) groups is 1. The first kappa shape index (κ1) is 15.5. The number of benzene rings is 1. The minimum Gasteiger partial charge on any atom is -0.394 e. The van der Waals surface area contributed by atoms with Crippen LogP contribution in [0, 0.1) is 6.92 Å². The van der Waals surface area contributed by atoms with Gasteiger partial charge in [-0.15, -0.1) is 0 Å². The molecule has 1 atom stereocenters. The monoisotopic (exact) mass is 307 g/mol. The molecule has 2 rings (SSSR count). The number of nitrogens with one attached hydrogen (secondary N) is 1. The molecule has 112 valence electrons. The molecular weight excluding hydrogens is 290 g/mol. The molecule has 21 heavy (non-hydrogen) atoms. The maximum absolute atomic E-state index is 12.1. The Kier molecular flexibility index (Phi) is 4.98. The number of aliphatic hydroxyl groups is 1. The van der Waals surface area contributed by atoms with Crippen LogP contribution in [-0.2, 0) is 6.54 Å². The number of hydrogen-bond donors (Lipinski definition) is 2. The van der Waals surface area contributed by atoms with Crippen LogP contribution >= 0.6 is 11.6 Å². The van der Waals surface area contributed by atoms with Gasteiger partial charge in [-0.2, -0.15) is 5.10 Å². The molecule has 5 nitrogen and oxygen atoms in total. The van der Waals surface area contributed by atoms with E-state index in [0.717, 1.165) is 5.56 Å². The van der Waals surface area contributed by atoms with Gasteiger partial charge in [0.1, 0.15) is 0 Å². The molecule has 1 aromatic carbocycles. The topological polar surface area (TPSA) is 67.2 Å². The quantitative estimate of drug-likeness (QED) is 0.888. The predicted octanol–water partition coefficient (Wildman–Crippen LogP) is 2.00. The van der Waals surface area contributed by atoms with Crippen molar-refractivity contribution in [2.75, 3.05) is 6.61 Å². The van der Waals surface area contributed by atoms with Gasteiger partial charge in [-0.25, -0.2) is 0 Å². The van der Waals surface area contributed by atoms with Crippen LogP contribution in [0.1, 0.15) is 28.5 Å². The minimum absolute atomic E-state index is 0.0958. The van der Waals surface area contributed by atoms with Gasteiger partial charge >= 0.3 is 0 Å². The molecular formula is C15H18ClN3O2. The average molecular weight is 308 g/mol. The second kappa shape index (κ2) is 6.74. The fourth-order valence-corrected chi connectivity index (χ4v) is 2.20. The third kappa shape index (κ3) is 4.06. The van der Waals surface area contributed by atoms with Crippen LogP contribution < -0.4 is 5.32 Å². The predicted molar refractivity (Wildman–Crippen MR) is 81.5 cm³/mol. The lowest BCUT2D eigenvalue weighted by Gasteiger charge is -2.09. The van der Waals surface area contributed by atoms with E-state index in [2.05, 4.69) is 10.4 Å². The molecule has 0 aliphatic rings. The summed E-state index contributed by atoms with van der Waals surface area (Å²) in [6.07, 6.45) is 1.70. The number of halogens is 1. The van der Waals surface area contributed by atoms with Crippen LogP contribution in [0.4, 0.5) is 0 Å². The van der Waals surface area contributed by atoms with Crippen molar-refractivity contribution in [3.8, 4) is 0 Å². The molecule has 2 aromatic rings. The summed E-state index contributed by atoms with van der Waals surface area (Å²) in [6.45, 7) is 3.97. The van der Waals surface area contributed by atoms with Crippen LogP contribution in [0.25, 0.3) is 0 Å². The van der Waals surface area contributed by atoms with Crippen LogP contribution in [0.5, 0.6) is 0 Å². The average Bonchev–Trinajstić information content (AvgIpc) is 2.79. The summed E-state index contributed by atoms with van der Waals surface area (Å²) >= 11 is 5.95. The fourth-order valence-electron chi connectivity index (χ4n) is 1.99. The Morgan fingerprint density at radius 2 is 2.29 bits per heavy atom. The van der Waals surface area contributed by atoms with Crippen LogP contribution in [-0.4, -0.2) is 33.4 Å². The molecule has 2 N–H and O–H groups in total. The molecule has 0 saturated heterocycles. The highest BCUT2D eigenvalue weighted by atomic mass is 35.5. The number of hydrogen-bond acceptors (Lipinski definition) is 3. The Balaban J connectivity index is 2.13. The highest BCUT2D eigenvalue weighted by molar-refractivity contribution is 6.30. The molecule has 0 aliphatic heterocycles. The molecule has 0 spiro atoms. The van der Waals surface area contributed by atoms with Crippen LogP contribution in [0.15, 0.2) is 30.5 Å². The van der Waals surface area contributed by atoms with Gasteiger partial charge in [0.15, 0.2) is 0 Å². The first-order valence-electron chi connectivity index (χ1n) is 6.70. The smallest absolute Gasteiger partial charge is 0.255 e. The second-order valence-corrected chi connectivity index (χ2v) is 5.45. The van der Waals surface area contributed by atoms with Crippen LogP contribution in [0.2, 0.25) is 5.02 Å². The van der Waals surface area contributed by atoms with Gasteiger partial charge in [-0.3, -0.25) is 9.48 Å². The van der Waals surface area contributed by atoms with E-state index < -0.39 is 0 Å². The summed E-state index contributed by atoms with van der Waals surface area (Å²) in [6, 6.07) is 7.23. The molecule has 0 saturated carbocycles. The molecule has 0 aliphatic carbocycles. The molecule has 1 amide bonds. The van der Waals surface area contributed by atoms with Crippen molar-refractivity contribution in [3.63, 3.8) is 0 Å². The normalized spacial score (nSPS) is 12.2. The van der Waals surface area contributed by atoms with Gasteiger partial charge < -0.3 is 10.4 Å². The molecule has 6 heteroatoms. The third-order valence-electron chi connectivity index (χ3n) is 3.08. The Morgan fingerprint density at radius 3 is 2.95 bits per heavy atom. The van der Waals surface area contributed by atoms with E-state index >= 15 is 0 Å². The lowest BCUT2D eigenvalue weighted by Crippen LogP contribution is -2.35. The molecule has 0 bridgehead atoms. The summed E-state index contributed by atoms with van der Waals surface area (Å²) in [5, 5.41) is 16.7. The number of rotatable bonds is 5. The second-order valence-electron chi connectivity index (χ2n) is 5.01. The number of amides is 1. The Bertz CT molecular complexity index is 640. The summed E-state index contributed by atoms with van der Waals surface area (Å²) < 4.78 is 1.71. The van der Waals surface area contributed by atoms with E-state index in [-0.39, 0.29) is 18.6 Å².